The Labute approximate surface area is 166 Å². The van der Waals surface area contributed by atoms with Gasteiger partial charge in [0.2, 0.25) is 5.91 Å². The molecule has 0 saturated carbocycles. The Morgan fingerprint density at radius 2 is 1.75 bits per heavy atom. The van der Waals surface area contributed by atoms with Crippen LogP contribution in [0.2, 0.25) is 0 Å². The molecule has 1 saturated heterocycles. The highest BCUT2D eigenvalue weighted by molar-refractivity contribution is 5.78. The number of ether oxygens (including phenoxy) is 3. The topological polar surface area (TPSA) is 60.0 Å². The van der Waals surface area contributed by atoms with Crippen LogP contribution >= 0.6 is 0 Å². The first-order valence-corrected chi connectivity index (χ1v) is 9.53. The highest BCUT2D eigenvalue weighted by Gasteiger charge is 2.11. The molecule has 150 valence electrons. The monoisotopic (exact) mass is 384 g/mol. The normalized spacial score (nSPS) is 14.5. The second kappa shape index (κ2) is 10.1. The van der Waals surface area contributed by atoms with Crippen LogP contribution in [0.1, 0.15) is 16.7 Å². The molecule has 3 rings (SSSR count). The van der Waals surface area contributed by atoms with E-state index in [4.69, 9.17) is 14.2 Å². The lowest BCUT2D eigenvalue weighted by molar-refractivity contribution is -0.120. The van der Waals surface area contributed by atoms with Crippen LogP contribution < -0.4 is 14.8 Å². The van der Waals surface area contributed by atoms with Crippen molar-refractivity contribution in [1.29, 1.82) is 0 Å². The molecule has 6 nitrogen and oxygen atoms in total. The van der Waals surface area contributed by atoms with Crippen molar-refractivity contribution in [3.05, 3.63) is 59.2 Å². The molecule has 1 aliphatic rings. The number of morpholine rings is 1. The van der Waals surface area contributed by atoms with Gasteiger partial charge >= 0.3 is 0 Å². The van der Waals surface area contributed by atoms with Gasteiger partial charge in [-0.2, -0.15) is 0 Å². The van der Waals surface area contributed by atoms with Crippen molar-refractivity contribution < 1.29 is 19.0 Å². The Morgan fingerprint density at radius 3 is 2.50 bits per heavy atom. The average molecular weight is 384 g/mol. The maximum atomic E-state index is 12.3. The molecule has 0 unspecified atom stereocenters. The number of carbonyl (C=O) groups excluding carboxylic acids is 1. The van der Waals surface area contributed by atoms with Crippen molar-refractivity contribution in [1.82, 2.24) is 10.2 Å². The first-order valence-electron chi connectivity index (χ1n) is 9.53. The minimum Gasteiger partial charge on any atom is -0.493 e. The van der Waals surface area contributed by atoms with Crippen molar-refractivity contribution >= 4 is 5.91 Å². The van der Waals surface area contributed by atoms with Crippen LogP contribution in [-0.2, 0) is 29.0 Å². The fraction of sp³-hybridized carbons (Fsp3) is 0.409. The van der Waals surface area contributed by atoms with E-state index in [0.29, 0.717) is 24.5 Å². The van der Waals surface area contributed by atoms with Crippen molar-refractivity contribution in [2.45, 2.75) is 19.5 Å². The Hall–Kier alpha value is -2.57. The average Bonchev–Trinajstić information content (AvgIpc) is 2.73. The lowest BCUT2D eigenvalue weighted by atomic mass is 10.1. The van der Waals surface area contributed by atoms with Crippen LogP contribution in [0.15, 0.2) is 42.5 Å². The van der Waals surface area contributed by atoms with Crippen molar-refractivity contribution in [2.75, 3.05) is 40.5 Å². The summed E-state index contributed by atoms with van der Waals surface area (Å²) in [5.74, 6) is 1.26. The molecule has 0 atom stereocenters. The largest absolute Gasteiger partial charge is 0.493 e. The Kier molecular flexibility index (Phi) is 7.28. The van der Waals surface area contributed by atoms with E-state index in [9.17, 15) is 4.79 Å². The first kappa shape index (κ1) is 20.2. The summed E-state index contributed by atoms with van der Waals surface area (Å²) in [5.41, 5.74) is 3.25. The Morgan fingerprint density at radius 1 is 1.00 bits per heavy atom. The van der Waals surface area contributed by atoms with E-state index in [0.717, 1.165) is 44.0 Å². The smallest absolute Gasteiger partial charge is 0.224 e. The van der Waals surface area contributed by atoms with Gasteiger partial charge in [0.1, 0.15) is 0 Å². The molecule has 0 bridgehead atoms. The number of methoxy groups -OCH3 is 2. The SMILES string of the molecule is COc1ccc(CC(=O)NCc2cccc(CN3CCOCC3)c2)cc1OC. The molecule has 1 heterocycles. The molecular weight excluding hydrogens is 356 g/mol. The predicted molar refractivity (Wildman–Crippen MR) is 108 cm³/mol. The molecule has 1 N–H and O–H groups in total. The Bertz CT molecular complexity index is 788. The lowest BCUT2D eigenvalue weighted by Gasteiger charge is -2.26. The van der Waals surface area contributed by atoms with E-state index in [1.807, 2.05) is 30.3 Å². The number of hydrogen-bond donors (Lipinski definition) is 1. The van der Waals surface area contributed by atoms with Gasteiger partial charge in [0, 0.05) is 26.2 Å². The van der Waals surface area contributed by atoms with Gasteiger partial charge in [-0.05, 0) is 28.8 Å². The van der Waals surface area contributed by atoms with Gasteiger partial charge in [-0.25, -0.2) is 0 Å². The molecule has 28 heavy (non-hydrogen) atoms. The number of nitrogens with zero attached hydrogens (tertiary/aromatic N) is 1. The zero-order chi connectivity index (χ0) is 19.8. The molecule has 2 aromatic rings. The number of rotatable bonds is 8. The standard InChI is InChI=1S/C22H28N2O4/c1-26-20-7-6-17(13-21(20)27-2)14-22(25)23-15-18-4-3-5-19(12-18)16-24-8-10-28-11-9-24/h3-7,12-13H,8-11,14-16H2,1-2H3,(H,23,25). The number of hydrogen-bond acceptors (Lipinski definition) is 5. The van der Waals surface area contributed by atoms with Crippen molar-refractivity contribution in [3.8, 4) is 11.5 Å². The third-order valence-corrected chi connectivity index (χ3v) is 4.80. The summed E-state index contributed by atoms with van der Waals surface area (Å²) in [4.78, 5) is 14.7. The molecule has 1 aliphatic heterocycles. The van der Waals surface area contributed by atoms with Crippen LogP contribution in [0.4, 0.5) is 0 Å². The predicted octanol–water partition coefficient (Wildman–Crippen LogP) is 2.39. The number of nitrogens with one attached hydrogen (secondary N) is 1. The van der Waals surface area contributed by atoms with Crippen molar-refractivity contribution in [2.24, 2.45) is 0 Å². The van der Waals surface area contributed by atoms with Gasteiger partial charge in [-0.3, -0.25) is 9.69 Å². The molecule has 0 spiro atoms. The van der Waals surface area contributed by atoms with Gasteiger partial charge < -0.3 is 19.5 Å². The first-order chi connectivity index (χ1) is 13.7. The van der Waals surface area contributed by atoms with Crippen LogP contribution in [0.5, 0.6) is 11.5 Å². The molecule has 1 fully saturated rings. The van der Waals surface area contributed by atoms with E-state index in [2.05, 4.69) is 22.3 Å². The number of amides is 1. The van der Waals surface area contributed by atoms with Gasteiger partial charge in [-0.1, -0.05) is 30.3 Å². The zero-order valence-electron chi connectivity index (χ0n) is 16.6. The van der Waals surface area contributed by atoms with E-state index in [1.165, 1.54) is 5.56 Å². The van der Waals surface area contributed by atoms with Crippen molar-refractivity contribution in [3.63, 3.8) is 0 Å². The third kappa shape index (κ3) is 5.71. The van der Waals surface area contributed by atoms with Gasteiger partial charge in [0.25, 0.3) is 0 Å². The van der Waals surface area contributed by atoms with Crippen LogP contribution in [0.25, 0.3) is 0 Å². The molecular formula is C22H28N2O4. The zero-order valence-corrected chi connectivity index (χ0v) is 16.6. The van der Waals surface area contributed by atoms with Gasteiger partial charge in [0.05, 0.1) is 33.9 Å². The van der Waals surface area contributed by atoms with Gasteiger partial charge in [0.15, 0.2) is 11.5 Å². The summed E-state index contributed by atoms with van der Waals surface area (Å²) in [7, 11) is 3.18. The highest BCUT2D eigenvalue weighted by atomic mass is 16.5. The van der Waals surface area contributed by atoms with Crippen LogP contribution in [0, 0.1) is 0 Å². The summed E-state index contributed by atoms with van der Waals surface area (Å²) in [6.45, 7) is 4.95. The lowest BCUT2D eigenvalue weighted by Crippen LogP contribution is -2.35. The summed E-state index contributed by atoms with van der Waals surface area (Å²) in [6, 6.07) is 13.9. The van der Waals surface area contributed by atoms with Crippen LogP contribution in [-0.4, -0.2) is 51.3 Å². The van der Waals surface area contributed by atoms with Crippen LogP contribution in [0.3, 0.4) is 0 Å². The molecule has 6 heteroatoms. The van der Waals surface area contributed by atoms with E-state index in [1.54, 1.807) is 14.2 Å². The molecule has 0 aromatic heterocycles. The van der Waals surface area contributed by atoms with E-state index >= 15 is 0 Å². The molecule has 0 aliphatic carbocycles. The second-order valence-corrected chi connectivity index (χ2v) is 6.85. The minimum absolute atomic E-state index is 0.0224. The van der Waals surface area contributed by atoms with Gasteiger partial charge in [-0.15, -0.1) is 0 Å². The highest BCUT2D eigenvalue weighted by Crippen LogP contribution is 2.27. The quantitative estimate of drug-likeness (QED) is 0.757. The summed E-state index contributed by atoms with van der Waals surface area (Å²) < 4.78 is 15.9. The molecule has 0 radical (unpaired) electrons. The molecule has 1 amide bonds. The third-order valence-electron chi connectivity index (χ3n) is 4.80. The minimum atomic E-state index is -0.0224. The van der Waals surface area contributed by atoms with E-state index in [-0.39, 0.29) is 5.91 Å². The fourth-order valence-electron chi connectivity index (χ4n) is 3.29. The van der Waals surface area contributed by atoms with E-state index < -0.39 is 0 Å². The second-order valence-electron chi connectivity index (χ2n) is 6.85. The Balaban J connectivity index is 1.52. The number of carbonyl (C=O) groups is 1. The maximum absolute atomic E-state index is 12.3. The summed E-state index contributed by atoms with van der Waals surface area (Å²) in [6.07, 6.45) is 0.299. The maximum Gasteiger partial charge on any atom is 0.224 e. The number of benzene rings is 2. The molecule has 2 aromatic carbocycles. The summed E-state index contributed by atoms with van der Waals surface area (Å²) in [5, 5.41) is 3.00. The fourth-order valence-corrected chi connectivity index (χ4v) is 3.29. The summed E-state index contributed by atoms with van der Waals surface area (Å²) >= 11 is 0.